The summed E-state index contributed by atoms with van der Waals surface area (Å²) in [6.07, 6.45) is 0. The SMILES string of the molecule is CCNc1cc(NCC(C)(C)OC)cc([N+](=O)[O-])c1. The van der Waals surface area contributed by atoms with E-state index in [1.165, 1.54) is 12.1 Å². The number of methoxy groups -OCH3 is 1. The van der Waals surface area contributed by atoms with Gasteiger partial charge in [-0.1, -0.05) is 0 Å². The molecule has 0 fully saturated rings. The van der Waals surface area contributed by atoms with Crippen molar-refractivity contribution in [2.24, 2.45) is 0 Å². The third-order valence-corrected chi connectivity index (χ3v) is 2.78. The molecular formula is C13H21N3O3. The molecule has 6 nitrogen and oxygen atoms in total. The van der Waals surface area contributed by atoms with Crippen LogP contribution in [0.25, 0.3) is 0 Å². The van der Waals surface area contributed by atoms with Gasteiger partial charge in [-0.25, -0.2) is 0 Å². The average molecular weight is 267 g/mol. The fraction of sp³-hybridized carbons (Fsp3) is 0.538. The normalized spacial score (nSPS) is 11.2. The quantitative estimate of drug-likeness (QED) is 0.587. The first-order valence-electron chi connectivity index (χ1n) is 6.20. The minimum Gasteiger partial charge on any atom is -0.385 e. The fourth-order valence-electron chi connectivity index (χ4n) is 1.51. The van der Waals surface area contributed by atoms with Crippen LogP contribution in [0.4, 0.5) is 17.1 Å². The standard InChI is InChI=1S/C13H21N3O3/c1-5-14-10-6-11(8-12(7-10)16(17)18)15-9-13(2,3)19-4/h6-8,14-15H,5,9H2,1-4H3. The molecule has 0 aliphatic rings. The van der Waals surface area contributed by atoms with Crippen molar-refractivity contribution in [3.63, 3.8) is 0 Å². The molecule has 0 aromatic heterocycles. The summed E-state index contributed by atoms with van der Waals surface area (Å²) in [5.41, 5.74) is 1.17. The topological polar surface area (TPSA) is 76.4 Å². The van der Waals surface area contributed by atoms with E-state index >= 15 is 0 Å². The van der Waals surface area contributed by atoms with Gasteiger partial charge >= 0.3 is 0 Å². The van der Waals surface area contributed by atoms with Crippen LogP contribution in [0, 0.1) is 10.1 Å². The molecule has 0 heterocycles. The maximum absolute atomic E-state index is 10.9. The minimum absolute atomic E-state index is 0.0659. The Morgan fingerprint density at radius 2 is 1.84 bits per heavy atom. The lowest BCUT2D eigenvalue weighted by atomic mass is 10.1. The Morgan fingerprint density at radius 1 is 1.26 bits per heavy atom. The number of benzene rings is 1. The first kappa shape index (κ1) is 15.2. The number of ether oxygens (including phenoxy) is 1. The molecule has 1 aromatic carbocycles. The summed E-state index contributed by atoms with van der Waals surface area (Å²) in [6.45, 7) is 7.12. The van der Waals surface area contributed by atoms with Crippen LogP contribution >= 0.6 is 0 Å². The van der Waals surface area contributed by atoms with Gasteiger partial charge in [0.15, 0.2) is 0 Å². The second kappa shape index (κ2) is 6.38. The van der Waals surface area contributed by atoms with E-state index < -0.39 is 4.92 Å². The van der Waals surface area contributed by atoms with Gasteiger partial charge in [0.25, 0.3) is 5.69 Å². The predicted octanol–water partition coefficient (Wildman–Crippen LogP) is 2.86. The highest BCUT2D eigenvalue weighted by atomic mass is 16.6. The zero-order valence-corrected chi connectivity index (χ0v) is 11.8. The van der Waals surface area contributed by atoms with Crippen LogP contribution in [0.5, 0.6) is 0 Å². The predicted molar refractivity (Wildman–Crippen MR) is 76.8 cm³/mol. The highest BCUT2D eigenvalue weighted by molar-refractivity contribution is 5.63. The van der Waals surface area contributed by atoms with Gasteiger partial charge in [0.1, 0.15) is 0 Å². The molecule has 6 heteroatoms. The molecule has 2 N–H and O–H groups in total. The highest BCUT2D eigenvalue weighted by Gasteiger charge is 2.17. The number of anilines is 2. The van der Waals surface area contributed by atoms with Crippen molar-refractivity contribution in [3.8, 4) is 0 Å². The number of rotatable bonds is 7. The zero-order chi connectivity index (χ0) is 14.5. The summed E-state index contributed by atoms with van der Waals surface area (Å²) in [5.74, 6) is 0. The van der Waals surface area contributed by atoms with Crippen molar-refractivity contribution in [1.82, 2.24) is 0 Å². The molecule has 0 saturated carbocycles. The van der Waals surface area contributed by atoms with Crippen molar-refractivity contribution in [1.29, 1.82) is 0 Å². The highest BCUT2D eigenvalue weighted by Crippen LogP contribution is 2.25. The Morgan fingerprint density at radius 3 is 2.32 bits per heavy atom. The smallest absolute Gasteiger partial charge is 0.273 e. The molecular weight excluding hydrogens is 246 g/mol. The van der Waals surface area contributed by atoms with Gasteiger partial charge in [-0.15, -0.1) is 0 Å². The maximum Gasteiger partial charge on any atom is 0.273 e. The van der Waals surface area contributed by atoms with Gasteiger partial charge in [-0.2, -0.15) is 0 Å². The van der Waals surface area contributed by atoms with E-state index in [4.69, 9.17) is 4.74 Å². The second-order valence-corrected chi connectivity index (χ2v) is 4.87. The van der Waals surface area contributed by atoms with Gasteiger partial charge in [0, 0.05) is 43.7 Å². The third kappa shape index (κ3) is 4.75. The molecule has 0 radical (unpaired) electrons. The molecule has 0 unspecified atom stereocenters. The number of hydrogen-bond acceptors (Lipinski definition) is 5. The molecule has 19 heavy (non-hydrogen) atoms. The van der Waals surface area contributed by atoms with Gasteiger partial charge in [-0.3, -0.25) is 10.1 Å². The molecule has 0 amide bonds. The molecule has 0 saturated heterocycles. The van der Waals surface area contributed by atoms with Crippen LogP contribution < -0.4 is 10.6 Å². The monoisotopic (exact) mass is 267 g/mol. The summed E-state index contributed by atoms with van der Waals surface area (Å²) < 4.78 is 5.30. The van der Waals surface area contributed by atoms with Gasteiger partial charge in [-0.05, 0) is 26.8 Å². The first-order chi connectivity index (χ1) is 8.88. The van der Waals surface area contributed by atoms with Crippen molar-refractivity contribution < 1.29 is 9.66 Å². The Bertz CT molecular complexity index is 447. The van der Waals surface area contributed by atoms with Crippen LogP contribution in [0.2, 0.25) is 0 Å². The Hall–Kier alpha value is -1.82. The molecule has 0 atom stereocenters. The van der Waals surface area contributed by atoms with Gasteiger partial charge in [0.05, 0.1) is 10.5 Å². The van der Waals surface area contributed by atoms with Crippen molar-refractivity contribution in [2.75, 3.05) is 30.8 Å². The van der Waals surface area contributed by atoms with Crippen molar-refractivity contribution in [3.05, 3.63) is 28.3 Å². The molecule has 1 rings (SSSR count). The average Bonchev–Trinajstić information content (AvgIpc) is 2.37. The summed E-state index contributed by atoms with van der Waals surface area (Å²) in [4.78, 5) is 10.5. The molecule has 0 aliphatic heterocycles. The number of non-ortho nitro benzene ring substituents is 1. The largest absolute Gasteiger partial charge is 0.385 e. The van der Waals surface area contributed by atoms with Crippen molar-refractivity contribution >= 4 is 17.1 Å². The molecule has 1 aromatic rings. The summed E-state index contributed by atoms with van der Waals surface area (Å²) in [7, 11) is 1.64. The van der Waals surface area contributed by atoms with Crippen LogP contribution in [-0.2, 0) is 4.74 Å². The Kier molecular flexibility index (Phi) is 5.11. The van der Waals surface area contributed by atoms with Crippen LogP contribution in [0.3, 0.4) is 0 Å². The van der Waals surface area contributed by atoms with Crippen LogP contribution in [0.15, 0.2) is 18.2 Å². The number of nitro groups is 1. The zero-order valence-electron chi connectivity index (χ0n) is 11.8. The van der Waals surface area contributed by atoms with Gasteiger partial charge in [0.2, 0.25) is 0 Å². The van der Waals surface area contributed by atoms with E-state index in [2.05, 4.69) is 10.6 Å². The van der Waals surface area contributed by atoms with E-state index in [0.717, 1.165) is 5.69 Å². The molecule has 0 bridgehead atoms. The second-order valence-electron chi connectivity index (χ2n) is 4.87. The third-order valence-electron chi connectivity index (χ3n) is 2.78. The first-order valence-corrected chi connectivity index (χ1v) is 6.20. The summed E-state index contributed by atoms with van der Waals surface area (Å²) >= 11 is 0. The molecule has 0 spiro atoms. The lowest BCUT2D eigenvalue weighted by molar-refractivity contribution is -0.384. The number of nitro benzene ring substituents is 1. The summed E-state index contributed by atoms with van der Waals surface area (Å²) in [5, 5.41) is 17.1. The fourth-order valence-corrected chi connectivity index (χ4v) is 1.51. The number of nitrogens with one attached hydrogen (secondary N) is 2. The van der Waals surface area contributed by atoms with E-state index in [1.807, 2.05) is 26.8 Å². The minimum atomic E-state index is -0.395. The van der Waals surface area contributed by atoms with Gasteiger partial charge < -0.3 is 15.4 Å². The summed E-state index contributed by atoms with van der Waals surface area (Å²) in [6, 6.07) is 4.89. The number of hydrogen-bond donors (Lipinski definition) is 2. The number of nitrogens with zero attached hydrogens (tertiary/aromatic N) is 1. The maximum atomic E-state index is 10.9. The van der Waals surface area contributed by atoms with E-state index in [-0.39, 0.29) is 11.3 Å². The van der Waals surface area contributed by atoms with Crippen LogP contribution in [0.1, 0.15) is 20.8 Å². The van der Waals surface area contributed by atoms with E-state index in [0.29, 0.717) is 18.8 Å². The Labute approximate surface area is 113 Å². The van der Waals surface area contributed by atoms with E-state index in [9.17, 15) is 10.1 Å². The van der Waals surface area contributed by atoms with E-state index in [1.54, 1.807) is 7.11 Å². The lowest BCUT2D eigenvalue weighted by Gasteiger charge is -2.23. The molecule has 106 valence electrons. The lowest BCUT2D eigenvalue weighted by Crippen LogP contribution is -2.32. The molecule has 0 aliphatic carbocycles. The van der Waals surface area contributed by atoms with Crippen molar-refractivity contribution in [2.45, 2.75) is 26.4 Å². The Balaban J connectivity index is 2.90. The van der Waals surface area contributed by atoms with Crippen LogP contribution in [-0.4, -0.2) is 30.7 Å².